The average molecular weight is 236 g/mol. The topological polar surface area (TPSA) is 54.3 Å². The molecule has 1 amide bonds. The fourth-order valence-electron chi connectivity index (χ4n) is 2.42. The van der Waals surface area contributed by atoms with Crippen molar-refractivity contribution in [3.8, 4) is 0 Å². The van der Waals surface area contributed by atoms with Gasteiger partial charge >= 0.3 is 0 Å². The van der Waals surface area contributed by atoms with Gasteiger partial charge in [-0.2, -0.15) is 0 Å². The van der Waals surface area contributed by atoms with E-state index in [0.717, 1.165) is 12.8 Å². The third-order valence-corrected chi connectivity index (χ3v) is 3.29. The maximum absolute atomic E-state index is 11.9. The summed E-state index contributed by atoms with van der Waals surface area (Å²) in [5.74, 6) is -0.0946. The number of carbonyl (C=O) groups is 1. The van der Waals surface area contributed by atoms with Gasteiger partial charge in [0.1, 0.15) is 5.69 Å². The van der Waals surface area contributed by atoms with Crippen LogP contribution < -0.4 is 5.32 Å². The van der Waals surface area contributed by atoms with E-state index in [2.05, 4.69) is 9.88 Å². The first-order valence-corrected chi connectivity index (χ1v) is 6.31. The van der Waals surface area contributed by atoms with Gasteiger partial charge in [-0.1, -0.05) is 12.8 Å². The van der Waals surface area contributed by atoms with Crippen molar-refractivity contribution in [2.75, 3.05) is 6.54 Å². The molecule has 1 fully saturated rings. The molecule has 0 bridgehead atoms. The number of aliphatic hydroxyl groups is 1. The predicted octanol–water partition coefficient (Wildman–Crippen LogP) is 1.71. The van der Waals surface area contributed by atoms with Gasteiger partial charge in [-0.25, -0.2) is 0 Å². The fourth-order valence-corrected chi connectivity index (χ4v) is 2.42. The fraction of sp³-hybridized carbons (Fsp3) is 0.615. The summed E-state index contributed by atoms with van der Waals surface area (Å²) in [6.07, 6.45) is 6.29. The van der Waals surface area contributed by atoms with E-state index in [0.29, 0.717) is 18.3 Å². The molecule has 1 aromatic heterocycles. The van der Waals surface area contributed by atoms with Crippen LogP contribution in [-0.4, -0.2) is 28.2 Å². The molecule has 1 aliphatic carbocycles. The number of hydrogen-bond donors (Lipinski definition) is 2. The molecule has 0 aromatic carbocycles. The predicted molar refractivity (Wildman–Crippen MR) is 66.0 cm³/mol. The first-order chi connectivity index (χ1) is 8.18. The van der Waals surface area contributed by atoms with Crippen LogP contribution in [0.3, 0.4) is 0 Å². The molecule has 4 nitrogen and oxygen atoms in total. The summed E-state index contributed by atoms with van der Waals surface area (Å²) in [6.45, 7) is 1.96. The highest BCUT2D eigenvalue weighted by molar-refractivity contribution is 5.92. The largest absolute Gasteiger partial charge is 0.392 e. The third kappa shape index (κ3) is 2.88. The Morgan fingerprint density at radius 3 is 2.94 bits per heavy atom. The minimum atomic E-state index is -0.506. The Hall–Kier alpha value is -1.29. The van der Waals surface area contributed by atoms with Gasteiger partial charge in [0.25, 0.3) is 5.91 Å². The van der Waals surface area contributed by atoms with Gasteiger partial charge in [-0.3, -0.25) is 4.79 Å². The molecule has 1 heterocycles. The molecule has 0 radical (unpaired) electrons. The summed E-state index contributed by atoms with van der Waals surface area (Å²) in [7, 11) is 0. The Balaban J connectivity index is 2.04. The minimum absolute atomic E-state index is 0.0946. The summed E-state index contributed by atoms with van der Waals surface area (Å²) >= 11 is 0. The van der Waals surface area contributed by atoms with E-state index in [-0.39, 0.29) is 5.91 Å². The van der Waals surface area contributed by atoms with Crippen LogP contribution in [0.15, 0.2) is 18.3 Å². The number of rotatable bonds is 4. The molecule has 94 valence electrons. The van der Waals surface area contributed by atoms with Crippen molar-refractivity contribution in [3.05, 3.63) is 24.0 Å². The van der Waals surface area contributed by atoms with Gasteiger partial charge in [-0.15, -0.1) is 0 Å². The lowest BCUT2D eigenvalue weighted by molar-refractivity contribution is 0.0912. The maximum Gasteiger partial charge on any atom is 0.268 e. The van der Waals surface area contributed by atoms with Crippen LogP contribution in [0.1, 0.15) is 49.1 Å². The van der Waals surface area contributed by atoms with Crippen LogP contribution in [0.4, 0.5) is 0 Å². The first-order valence-electron chi connectivity index (χ1n) is 6.31. The highest BCUT2D eigenvalue weighted by atomic mass is 16.3. The van der Waals surface area contributed by atoms with Crippen molar-refractivity contribution in [1.29, 1.82) is 0 Å². The Kier molecular flexibility index (Phi) is 3.84. The monoisotopic (exact) mass is 236 g/mol. The summed E-state index contributed by atoms with van der Waals surface area (Å²) in [4.78, 5) is 11.9. The Bertz CT molecular complexity index is 379. The number of nitrogens with one attached hydrogen (secondary N) is 1. The molecule has 2 N–H and O–H groups in total. The van der Waals surface area contributed by atoms with Gasteiger partial charge < -0.3 is 15.0 Å². The number of carbonyl (C=O) groups excluding carboxylic acids is 1. The van der Waals surface area contributed by atoms with Crippen molar-refractivity contribution in [2.45, 2.75) is 44.8 Å². The van der Waals surface area contributed by atoms with Crippen molar-refractivity contribution in [1.82, 2.24) is 9.88 Å². The maximum atomic E-state index is 11.9. The molecule has 1 unspecified atom stereocenters. The van der Waals surface area contributed by atoms with Crippen molar-refractivity contribution in [3.63, 3.8) is 0 Å². The Labute approximate surface area is 102 Å². The number of aliphatic hydroxyl groups excluding tert-OH is 1. The molecule has 17 heavy (non-hydrogen) atoms. The molecule has 0 spiro atoms. The Morgan fingerprint density at radius 2 is 2.29 bits per heavy atom. The lowest BCUT2D eigenvalue weighted by Crippen LogP contribution is -2.32. The van der Waals surface area contributed by atoms with E-state index in [9.17, 15) is 4.79 Å². The van der Waals surface area contributed by atoms with Crippen LogP contribution in [0.25, 0.3) is 0 Å². The van der Waals surface area contributed by atoms with Crippen LogP contribution in [-0.2, 0) is 0 Å². The summed E-state index contributed by atoms with van der Waals surface area (Å²) in [6, 6.07) is 4.22. The molecule has 1 atom stereocenters. The highest BCUT2D eigenvalue weighted by Gasteiger charge is 2.21. The van der Waals surface area contributed by atoms with Crippen LogP contribution >= 0.6 is 0 Å². The zero-order valence-electron chi connectivity index (χ0n) is 10.2. The molecular weight excluding hydrogens is 216 g/mol. The van der Waals surface area contributed by atoms with Crippen LogP contribution in [0.2, 0.25) is 0 Å². The SMILES string of the molecule is CC(O)CNC(=O)c1cccn1C1CCCC1. The highest BCUT2D eigenvalue weighted by Crippen LogP contribution is 2.30. The standard InChI is InChI=1S/C13H20N2O2/c1-10(16)9-14-13(17)12-7-4-8-15(12)11-5-2-3-6-11/h4,7-8,10-11,16H,2-3,5-6,9H2,1H3,(H,14,17). The van der Waals surface area contributed by atoms with Gasteiger partial charge in [0.2, 0.25) is 0 Å². The summed E-state index contributed by atoms with van der Waals surface area (Å²) in [5.41, 5.74) is 0.706. The lowest BCUT2D eigenvalue weighted by atomic mass is 10.2. The molecule has 0 aliphatic heterocycles. The van der Waals surface area contributed by atoms with Crippen molar-refractivity contribution in [2.24, 2.45) is 0 Å². The average Bonchev–Trinajstić information content (AvgIpc) is 2.94. The number of aromatic nitrogens is 1. The molecule has 1 saturated carbocycles. The van der Waals surface area contributed by atoms with Crippen LogP contribution in [0, 0.1) is 0 Å². The van der Waals surface area contributed by atoms with Crippen molar-refractivity contribution >= 4 is 5.91 Å². The van der Waals surface area contributed by atoms with E-state index in [1.807, 2.05) is 18.3 Å². The first kappa shape index (κ1) is 12.2. The second kappa shape index (κ2) is 5.36. The van der Waals surface area contributed by atoms with E-state index >= 15 is 0 Å². The van der Waals surface area contributed by atoms with Crippen LogP contribution in [0.5, 0.6) is 0 Å². The summed E-state index contributed by atoms with van der Waals surface area (Å²) < 4.78 is 2.07. The minimum Gasteiger partial charge on any atom is -0.392 e. The van der Waals surface area contributed by atoms with Gasteiger partial charge in [0, 0.05) is 18.8 Å². The zero-order chi connectivity index (χ0) is 12.3. The molecule has 4 heteroatoms. The van der Waals surface area contributed by atoms with E-state index in [1.54, 1.807) is 6.92 Å². The lowest BCUT2D eigenvalue weighted by Gasteiger charge is -2.16. The zero-order valence-corrected chi connectivity index (χ0v) is 10.2. The second-order valence-corrected chi connectivity index (χ2v) is 4.80. The van der Waals surface area contributed by atoms with Gasteiger partial charge in [0.15, 0.2) is 0 Å². The number of hydrogen-bond acceptors (Lipinski definition) is 2. The van der Waals surface area contributed by atoms with Crippen molar-refractivity contribution < 1.29 is 9.90 Å². The molecule has 1 aliphatic rings. The smallest absolute Gasteiger partial charge is 0.268 e. The number of nitrogens with zero attached hydrogens (tertiary/aromatic N) is 1. The van der Waals surface area contributed by atoms with E-state index < -0.39 is 6.10 Å². The normalized spacial score (nSPS) is 18.2. The molecule has 2 rings (SSSR count). The molecule has 1 aromatic rings. The third-order valence-electron chi connectivity index (χ3n) is 3.29. The summed E-state index contributed by atoms with van der Waals surface area (Å²) in [5, 5.41) is 11.9. The quantitative estimate of drug-likeness (QED) is 0.836. The van der Waals surface area contributed by atoms with Gasteiger partial charge in [0.05, 0.1) is 6.10 Å². The second-order valence-electron chi connectivity index (χ2n) is 4.80. The molecular formula is C13H20N2O2. The number of amides is 1. The van der Waals surface area contributed by atoms with Gasteiger partial charge in [-0.05, 0) is 31.9 Å². The van der Waals surface area contributed by atoms with E-state index in [1.165, 1.54) is 12.8 Å². The Morgan fingerprint density at radius 1 is 1.59 bits per heavy atom. The molecule has 0 saturated heterocycles. The van der Waals surface area contributed by atoms with E-state index in [4.69, 9.17) is 5.11 Å².